The van der Waals surface area contributed by atoms with Crippen LogP contribution in [0, 0.1) is 16.7 Å². The Balaban J connectivity index is 1.11. The predicted octanol–water partition coefficient (Wildman–Crippen LogP) is 22.1. The third kappa shape index (κ3) is 8.33. The Morgan fingerprint density at radius 3 is 1.63 bits per heavy atom. The van der Waals surface area contributed by atoms with E-state index in [1.807, 2.05) is 11.3 Å². The maximum absolute atomic E-state index is 2.84. The summed E-state index contributed by atoms with van der Waals surface area (Å²) in [6.07, 6.45) is 6.05. The highest BCUT2D eigenvalue weighted by molar-refractivity contribution is 7.33. The maximum Gasteiger partial charge on any atom is 0.264 e. The summed E-state index contributed by atoms with van der Waals surface area (Å²) in [5.41, 5.74) is 28.1. The van der Waals surface area contributed by atoms with Crippen LogP contribution in [0.5, 0.6) is 0 Å². The van der Waals surface area contributed by atoms with E-state index in [-0.39, 0.29) is 55.4 Å². The fraction of sp³-hybridized carbons (Fsp3) is 0.405. The van der Waals surface area contributed by atoms with Crippen molar-refractivity contribution in [2.75, 3.05) is 14.7 Å². The number of anilines is 9. The first-order chi connectivity index (χ1) is 41.7. The van der Waals surface area contributed by atoms with Crippen LogP contribution < -0.4 is 30.4 Å². The van der Waals surface area contributed by atoms with Gasteiger partial charge in [-0.25, -0.2) is 0 Å². The number of hydrogen-bond acceptors (Lipinski definition) is 4. The number of thiophene rings is 1. The third-order valence-corrected chi connectivity index (χ3v) is 25.3. The highest BCUT2D eigenvalue weighted by Gasteiger charge is 2.71. The molecule has 9 aromatic rings. The van der Waals surface area contributed by atoms with E-state index in [4.69, 9.17) is 0 Å². The molecule has 3 unspecified atom stereocenters. The summed E-state index contributed by atoms with van der Waals surface area (Å²) in [4.78, 5) is 8.14. The van der Waals surface area contributed by atoms with Gasteiger partial charge < -0.3 is 14.7 Å². The number of hydrogen-bond donors (Lipinski definition) is 0. The number of fused-ring (bicyclic) bond motifs is 15. The van der Waals surface area contributed by atoms with Gasteiger partial charge in [-0.15, -0.1) is 11.3 Å². The zero-order chi connectivity index (χ0) is 62.9. The summed E-state index contributed by atoms with van der Waals surface area (Å²) in [5.74, 6) is 0.656. The minimum atomic E-state index is -0.108. The molecule has 2 saturated carbocycles. The predicted molar refractivity (Wildman–Crippen MR) is 386 cm³/mol. The first kappa shape index (κ1) is 58.6. The molecule has 0 N–H and O–H groups in total. The summed E-state index contributed by atoms with van der Waals surface area (Å²) in [7, 11) is 0. The van der Waals surface area contributed by atoms with Crippen LogP contribution in [-0.2, 0) is 37.9 Å². The molecule has 1 aromatic heterocycles. The zero-order valence-corrected chi connectivity index (χ0v) is 57.8. The Kier molecular flexibility index (Phi) is 12.4. The molecule has 2 bridgehead atoms. The van der Waals surface area contributed by atoms with Crippen molar-refractivity contribution in [2.24, 2.45) is 16.7 Å². The van der Waals surface area contributed by atoms with Gasteiger partial charge in [0.2, 0.25) is 0 Å². The molecule has 0 amide bonds. The Hall–Kier alpha value is -6.82. The van der Waals surface area contributed by atoms with E-state index in [9.17, 15) is 0 Å². The lowest BCUT2D eigenvalue weighted by molar-refractivity contribution is 0.0990. The Morgan fingerprint density at radius 2 is 1.03 bits per heavy atom. The number of nitrogens with zero attached hydrogens (tertiary/aromatic N) is 3. The van der Waals surface area contributed by atoms with E-state index in [1.165, 1.54) is 141 Å². The molecule has 5 heteroatoms. The molecule has 2 aliphatic heterocycles. The number of benzene rings is 8. The quantitative estimate of drug-likeness (QED) is 0.159. The van der Waals surface area contributed by atoms with Crippen LogP contribution >= 0.6 is 11.3 Å². The SMILES string of the molecule is CC(C)(C)c1ccc(N(c2ccc(C(C)(C)C)cc2)c2cc3c4c(c2)N(c2cccc5c2-c2ccccc2C52CC5CCC2(C)C5(C)C)c2c(sc5ccc(C(C)(C)C)cc25)B4c2cc(C(C)(C)C)ccc2N3c2ccc3c(c2)C(C)(C)CCC3(C)C)cc1. The van der Waals surface area contributed by atoms with Crippen LogP contribution in [0.4, 0.5) is 51.2 Å². The van der Waals surface area contributed by atoms with Crippen LogP contribution in [0.2, 0.25) is 0 Å². The fourth-order valence-electron chi connectivity index (χ4n) is 18.2. The van der Waals surface area contributed by atoms with Crippen LogP contribution in [0.15, 0.2) is 158 Å². The molecular formula is C84H94BN3S. The first-order valence-corrected chi connectivity index (χ1v) is 34.5. The number of rotatable bonds is 5. The van der Waals surface area contributed by atoms with Crippen molar-refractivity contribution >= 4 is 95.0 Å². The second kappa shape index (κ2) is 18.9. The summed E-state index contributed by atoms with van der Waals surface area (Å²) < 4.78 is 2.76. The largest absolute Gasteiger partial charge is 0.311 e. The average molecular weight is 1190 g/mol. The molecule has 6 aliphatic rings. The minimum Gasteiger partial charge on any atom is -0.311 e. The molecule has 0 saturated heterocycles. The van der Waals surface area contributed by atoms with Gasteiger partial charge in [0.25, 0.3) is 6.71 Å². The van der Waals surface area contributed by atoms with Gasteiger partial charge in [0.15, 0.2) is 0 Å². The first-order valence-electron chi connectivity index (χ1n) is 33.6. The van der Waals surface area contributed by atoms with E-state index in [0.29, 0.717) is 5.92 Å². The molecule has 3 nitrogen and oxygen atoms in total. The Labute approximate surface area is 538 Å². The van der Waals surface area contributed by atoms with Crippen LogP contribution in [0.3, 0.4) is 0 Å². The lowest BCUT2D eigenvalue weighted by atomic mass is 9.36. The summed E-state index contributed by atoms with van der Waals surface area (Å²) >= 11 is 2.04. The third-order valence-electron chi connectivity index (χ3n) is 24.0. The summed E-state index contributed by atoms with van der Waals surface area (Å²) in [6, 6.07) is 64.1. The maximum atomic E-state index is 2.84. The second-order valence-electron chi connectivity index (χ2n) is 34.4. The molecule has 454 valence electrons. The Morgan fingerprint density at radius 1 is 0.472 bits per heavy atom. The van der Waals surface area contributed by atoms with Crippen LogP contribution in [-0.4, -0.2) is 6.71 Å². The minimum absolute atomic E-state index is 0.00511. The molecule has 0 radical (unpaired) electrons. The summed E-state index contributed by atoms with van der Waals surface area (Å²) in [6.45, 7) is 46.1. The van der Waals surface area contributed by atoms with E-state index in [1.54, 1.807) is 0 Å². The summed E-state index contributed by atoms with van der Waals surface area (Å²) in [5, 5.41) is 1.34. The van der Waals surface area contributed by atoms with Crippen LogP contribution in [0.25, 0.3) is 21.2 Å². The normalized spacial score (nSPS) is 21.6. The Bertz CT molecular complexity index is 4350. The van der Waals surface area contributed by atoms with Crippen molar-refractivity contribution in [2.45, 2.75) is 202 Å². The highest BCUT2D eigenvalue weighted by Crippen LogP contribution is 2.78. The molecule has 3 atom stereocenters. The molecule has 1 spiro atoms. The van der Waals surface area contributed by atoms with Crippen LogP contribution in [0.1, 0.15) is 208 Å². The van der Waals surface area contributed by atoms with Crippen molar-refractivity contribution < 1.29 is 0 Å². The van der Waals surface area contributed by atoms with Gasteiger partial charge in [-0.05, 0) is 215 Å². The lowest BCUT2D eigenvalue weighted by Crippen LogP contribution is -2.60. The van der Waals surface area contributed by atoms with Crippen molar-refractivity contribution in [1.82, 2.24) is 0 Å². The van der Waals surface area contributed by atoms with E-state index < -0.39 is 0 Å². The lowest BCUT2D eigenvalue weighted by Gasteiger charge is -2.48. The van der Waals surface area contributed by atoms with Gasteiger partial charge in [0.1, 0.15) is 0 Å². The molecule has 15 rings (SSSR count). The van der Waals surface area contributed by atoms with Gasteiger partial charge in [-0.2, -0.15) is 0 Å². The van der Waals surface area contributed by atoms with Crippen molar-refractivity contribution in [3.05, 3.63) is 202 Å². The smallest absolute Gasteiger partial charge is 0.264 e. The van der Waals surface area contributed by atoms with Crippen molar-refractivity contribution in [1.29, 1.82) is 0 Å². The fourth-order valence-corrected chi connectivity index (χ4v) is 19.5. The molecular weight excluding hydrogens is 1090 g/mol. The van der Waals surface area contributed by atoms with Gasteiger partial charge in [-0.3, -0.25) is 0 Å². The van der Waals surface area contributed by atoms with E-state index in [2.05, 4.69) is 304 Å². The van der Waals surface area contributed by atoms with E-state index in [0.717, 1.165) is 23.5 Å². The van der Waals surface area contributed by atoms with Crippen molar-refractivity contribution in [3.63, 3.8) is 0 Å². The highest BCUT2D eigenvalue weighted by atomic mass is 32.1. The standard InChI is InChI=1S/C84H94BN3S/c1-76(2,3)51-27-33-56(34-28-51)86(57-35-29-52(30-36-57)77(4,5)6)59-48-69-73-70(49-59)88(68-26-22-25-64-72(68)60-23-20-21-24-62(60)84(64)50-55-41-42-83(84,19)82(55,17)18)74-61-45-53(78(7,8)9)32-40-71(61)89-75(74)85(73)66-46-54(79(10,11)12)31-39-67(66)87(69)58-37-38-63-65(47-58)81(15,16)44-43-80(63,13)14/h20-40,45-49,55H,41-44,50H2,1-19H3. The molecule has 2 fully saturated rings. The monoisotopic (exact) mass is 1190 g/mol. The second-order valence-corrected chi connectivity index (χ2v) is 35.5. The van der Waals surface area contributed by atoms with Crippen molar-refractivity contribution in [3.8, 4) is 11.1 Å². The van der Waals surface area contributed by atoms with Gasteiger partial charge >= 0.3 is 0 Å². The van der Waals surface area contributed by atoms with Gasteiger partial charge in [0.05, 0.1) is 17.1 Å². The van der Waals surface area contributed by atoms with Gasteiger partial charge in [0, 0.05) is 60.0 Å². The molecule has 4 aliphatic carbocycles. The average Bonchev–Trinajstić information content (AvgIpc) is 1.05. The molecule has 3 heterocycles. The van der Waals surface area contributed by atoms with Gasteiger partial charge in [-0.1, -0.05) is 216 Å². The molecule has 8 aromatic carbocycles. The van der Waals surface area contributed by atoms with E-state index >= 15 is 0 Å². The zero-order valence-electron chi connectivity index (χ0n) is 57.0. The molecule has 89 heavy (non-hydrogen) atoms. The topological polar surface area (TPSA) is 9.72 Å².